The first kappa shape index (κ1) is 21.1. The molecule has 3 N–H and O–H groups in total. The van der Waals surface area contributed by atoms with Crippen molar-refractivity contribution in [2.75, 3.05) is 13.1 Å². The number of H-pyrrole nitrogens is 1. The topological polar surface area (TPSA) is 66.2 Å². The lowest BCUT2D eigenvalue weighted by molar-refractivity contribution is -0.156. The van der Waals surface area contributed by atoms with E-state index in [9.17, 15) is 4.79 Å². The highest BCUT2D eigenvalue weighted by molar-refractivity contribution is 5.83. The van der Waals surface area contributed by atoms with Crippen LogP contribution in [-0.2, 0) is 16.0 Å². The highest BCUT2D eigenvalue weighted by atomic mass is 16.6. The molecule has 2 aromatic rings. The Morgan fingerprint density at radius 2 is 2.10 bits per heavy atom. The number of ether oxygens (including phenoxy) is 1. The quantitative estimate of drug-likeness (QED) is 0.646. The summed E-state index contributed by atoms with van der Waals surface area (Å²) in [5.74, 6) is -0.193. The number of hydrogen-bond acceptors (Lipinski definition) is 4. The summed E-state index contributed by atoms with van der Waals surface area (Å²) in [5, 5.41) is 8.67. The molecule has 1 fully saturated rings. The molecule has 0 spiro atoms. The molecule has 1 aromatic heterocycles. The van der Waals surface area contributed by atoms with Gasteiger partial charge in [0.2, 0.25) is 0 Å². The van der Waals surface area contributed by atoms with Gasteiger partial charge in [0.05, 0.1) is 0 Å². The molecule has 30 heavy (non-hydrogen) atoms. The molecule has 2 aliphatic rings. The number of fused-ring (bicyclic) bond motifs is 1. The SMILES string of the molecule is C/C1=C\C(=O)OC(C)(C2CCCCN2)CCC(NCCc2c[nH]c3ccccc23)C1. The fraction of sp³-hybridized carbons (Fsp3) is 0.560. The van der Waals surface area contributed by atoms with E-state index in [-0.39, 0.29) is 12.0 Å². The number of nitrogens with one attached hydrogen (secondary N) is 3. The van der Waals surface area contributed by atoms with E-state index in [1.807, 2.05) is 6.92 Å². The van der Waals surface area contributed by atoms with E-state index in [0.717, 1.165) is 50.8 Å². The van der Waals surface area contributed by atoms with Crippen LogP contribution in [0.2, 0.25) is 0 Å². The zero-order valence-electron chi connectivity index (χ0n) is 18.3. The number of piperidine rings is 1. The number of esters is 1. The van der Waals surface area contributed by atoms with Gasteiger partial charge in [-0.15, -0.1) is 0 Å². The summed E-state index contributed by atoms with van der Waals surface area (Å²) in [4.78, 5) is 15.9. The molecule has 4 rings (SSSR count). The van der Waals surface area contributed by atoms with Gasteiger partial charge in [0, 0.05) is 35.3 Å². The van der Waals surface area contributed by atoms with Gasteiger partial charge in [0.25, 0.3) is 0 Å². The Bertz CT molecular complexity index is 897. The molecule has 5 nitrogen and oxygen atoms in total. The highest BCUT2D eigenvalue weighted by Crippen LogP contribution is 2.31. The van der Waals surface area contributed by atoms with Crippen molar-refractivity contribution in [1.82, 2.24) is 15.6 Å². The maximum atomic E-state index is 12.5. The average Bonchev–Trinajstić information content (AvgIpc) is 3.16. The first-order chi connectivity index (χ1) is 14.5. The molecule has 1 aromatic carbocycles. The smallest absolute Gasteiger partial charge is 0.331 e. The fourth-order valence-electron chi connectivity index (χ4n) is 5.06. The lowest BCUT2D eigenvalue weighted by Gasteiger charge is -2.40. The molecular formula is C25H35N3O2. The van der Waals surface area contributed by atoms with Gasteiger partial charge in [0.15, 0.2) is 0 Å². The minimum absolute atomic E-state index is 0.193. The molecule has 5 heteroatoms. The van der Waals surface area contributed by atoms with Crippen LogP contribution in [0.1, 0.15) is 57.9 Å². The number of cyclic esters (lactones) is 1. The summed E-state index contributed by atoms with van der Waals surface area (Å²) in [6, 6.07) is 9.05. The number of aromatic amines is 1. The van der Waals surface area contributed by atoms with Gasteiger partial charge in [-0.1, -0.05) is 30.2 Å². The Kier molecular flexibility index (Phi) is 6.59. The van der Waals surface area contributed by atoms with Crippen LogP contribution in [-0.4, -0.2) is 41.7 Å². The van der Waals surface area contributed by atoms with Gasteiger partial charge in [-0.25, -0.2) is 4.79 Å². The third kappa shape index (κ3) is 4.96. The maximum absolute atomic E-state index is 12.5. The number of carbonyl (C=O) groups is 1. The lowest BCUT2D eigenvalue weighted by Crippen LogP contribution is -2.53. The molecule has 2 aliphatic heterocycles. The van der Waals surface area contributed by atoms with Gasteiger partial charge in [0.1, 0.15) is 5.60 Å². The van der Waals surface area contributed by atoms with Crippen LogP contribution in [0.25, 0.3) is 10.9 Å². The maximum Gasteiger partial charge on any atom is 0.331 e. The summed E-state index contributed by atoms with van der Waals surface area (Å²) in [6.07, 6.45) is 11.1. The number of carbonyl (C=O) groups excluding carboxylic acids is 1. The van der Waals surface area contributed by atoms with Crippen molar-refractivity contribution >= 4 is 16.9 Å². The zero-order valence-corrected chi connectivity index (χ0v) is 18.3. The van der Waals surface area contributed by atoms with E-state index in [2.05, 4.69) is 53.0 Å². The summed E-state index contributed by atoms with van der Waals surface area (Å²) < 4.78 is 6.02. The van der Waals surface area contributed by atoms with Crippen molar-refractivity contribution in [3.8, 4) is 0 Å². The predicted molar refractivity (Wildman–Crippen MR) is 122 cm³/mol. The van der Waals surface area contributed by atoms with Gasteiger partial charge >= 0.3 is 5.97 Å². The second kappa shape index (κ2) is 9.36. The molecule has 162 valence electrons. The van der Waals surface area contributed by atoms with E-state index >= 15 is 0 Å². The van der Waals surface area contributed by atoms with E-state index in [0.29, 0.717) is 6.04 Å². The van der Waals surface area contributed by atoms with Crippen LogP contribution in [0.4, 0.5) is 0 Å². The first-order valence-electron chi connectivity index (χ1n) is 11.5. The first-order valence-corrected chi connectivity index (χ1v) is 11.5. The number of para-hydroxylation sites is 1. The van der Waals surface area contributed by atoms with Crippen molar-refractivity contribution in [3.05, 3.63) is 47.7 Å². The van der Waals surface area contributed by atoms with E-state index in [1.54, 1.807) is 6.08 Å². The largest absolute Gasteiger partial charge is 0.455 e. The third-order valence-electron chi connectivity index (χ3n) is 6.81. The van der Waals surface area contributed by atoms with E-state index in [1.165, 1.54) is 29.3 Å². The van der Waals surface area contributed by atoms with Crippen molar-refractivity contribution in [3.63, 3.8) is 0 Å². The summed E-state index contributed by atoms with van der Waals surface area (Å²) in [5.41, 5.74) is 3.18. The van der Waals surface area contributed by atoms with Crippen LogP contribution < -0.4 is 10.6 Å². The average molecular weight is 410 g/mol. The molecule has 0 saturated carbocycles. The van der Waals surface area contributed by atoms with Gasteiger partial charge in [-0.3, -0.25) is 0 Å². The molecule has 1 saturated heterocycles. The molecular weight excluding hydrogens is 374 g/mol. The number of rotatable bonds is 5. The summed E-state index contributed by atoms with van der Waals surface area (Å²) in [7, 11) is 0. The van der Waals surface area contributed by atoms with Crippen molar-refractivity contribution < 1.29 is 9.53 Å². The van der Waals surface area contributed by atoms with Crippen LogP contribution in [0.3, 0.4) is 0 Å². The zero-order chi connectivity index (χ0) is 21.0. The Morgan fingerprint density at radius 3 is 2.93 bits per heavy atom. The minimum atomic E-state index is -0.449. The normalized spacial score (nSPS) is 30.1. The van der Waals surface area contributed by atoms with Crippen LogP contribution >= 0.6 is 0 Å². The Labute approximate surface area is 179 Å². The van der Waals surface area contributed by atoms with Crippen LogP contribution in [0.5, 0.6) is 0 Å². The second-order valence-corrected chi connectivity index (χ2v) is 9.23. The minimum Gasteiger partial charge on any atom is -0.455 e. The fourth-order valence-corrected chi connectivity index (χ4v) is 5.06. The molecule has 0 radical (unpaired) electrons. The molecule has 0 aliphatic carbocycles. The summed E-state index contributed by atoms with van der Waals surface area (Å²) >= 11 is 0. The van der Waals surface area contributed by atoms with Crippen molar-refractivity contribution in [1.29, 1.82) is 0 Å². The molecule has 0 bridgehead atoms. The van der Waals surface area contributed by atoms with E-state index < -0.39 is 5.60 Å². The molecule has 0 amide bonds. The number of aromatic nitrogens is 1. The summed E-state index contributed by atoms with van der Waals surface area (Å²) in [6.45, 7) is 6.09. The van der Waals surface area contributed by atoms with Crippen LogP contribution in [0, 0.1) is 0 Å². The Hall–Kier alpha value is -2.11. The highest BCUT2D eigenvalue weighted by Gasteiger charge is 2.39. The van der Waals surface area contributed by atoms with Crippen LogP contribution in [0.15, 0.2) is 42.1 Å². The molecule has 3 unspecified atom stereocenters. The standard InChI is InChI=1S/C25H35N3O2/c1-18-15-20(26-14-11-19-17-28-22-8-4-3-7-21(19)22)10-12-25(2,30-24(29)16-18)23-9-5-6-13-27-23/h3-4,7-8,16-17,20,23,26-28H,5-6,9-15H2,1-2H3/b18-16+. The predicted octanol–water partition coefficient (Wildman–Crippen LogP) is 4.24. The van der Waals surface area contributed by atoms with Gasteiger partial charge in [-0.05, 0) is 77.1 Å². The van der Waals surface area contributed by atoms with Gasteiger partial charge < -0.3 is 20.4 Å². The van der Waals surface area contributed by atoms with Gasteiger partial charge in [-0.2, -0.15) is 0 Å². The third-order valence-corrected chi connectivity index (χ3v) is 6.81. The lowest BCUT2D eigenvalue weighted by atomic mass is 9.84. The Morgan fingerprint density at radius 1 is 1.23 bits per heavy atom. The molecule has 3 atom stereocenters. The Balaban J connectivity index is 1.41. The number of benzene rings is 1. The monoisotopic (exact) mass is 409 g/mol. The second-order valence-electron chi connectivity index (χ2n) is 9.23. The van der Waals surface area contributed by atoms with E-state index in [4.69, 9.17) is 4.74 Å². The number of hydrogen-bond donors (Lipinski definition) is 3. The van der Waals surface area contributed by atoms with Crippen molar-refractivity contribution in [2.24, 2.45) is 0 Å². The van der Waals surface area contributed by atoms with Crippen molar-refractivity contribution in [2.45, 2.75) is 76.5 Å². The molecule has 3 heterocycles.